The Kier molecular flexibility index (Phi) is 5.11. The van der Waals surface area contributed by atoms with Crippen LogP contribution in [0.4, 0.5) is 0 Å². The maximum Gasteiger partial charge on any atom is 0.323 e. The number of nitrogens with zero attached hydrogens (tertiary/aromatic N) is 2. The van der Waals surface area contributed by atoms with Gasteiger partial charge >= 0.3 is 5.97 Å². The number of carbonyl (C=O) groups is 1. The van der Waals surface area contributed by atoms with Crippen LogP contribution in [0.1, 0.15) is 43.8 Å². The summed E-state index contributed by atoms with van der Waals surface area (Å²) in [6.45, 7) is 10.1. The second-order valence-corrected chi connectivity index (χ2v) is 5.34. The molecule has 0 spiro atoms. The molecule has 0 fully saturated rings. The van der Waals surface area contributed by atoms with Crippen LogP contribution in [0.25, 0.3) is 0 Å². The molecule has 1 aromatic heterocycles. The molecule has 0 saturated heterocycles. The van der Waals surface area contributed by atoms with Gasteiger partial charge in [-0.15, -0.1) is 0 Å². The van der Waals surface area contributed by atoms with Gasteiger partial charge in [-0.3, -0.25) is 14.8 Å². The zero-order chi connectivity index (χ0) is 14.7. The lowest BCUT2D eigenvalue weighted by Crippen LogP contribution is -2.43. The number of ether oxygens (including phenoxy) is 1. The van der Waals surface area contributed by atoms with E-state index in [1.54, 1.807) is 0 Å². The van der Waals surface area contributed by atoms with Crippen molar-refractivity contribution < 1.29 is 9.53 Å². The molecule has 5 nitrogen and oxygen atoms in total. The minimum Gasteiger partial charge on any atom is -0.468 e. The average Bonchev–Trinajstić information content (AvgIpc) is 2.58. The topological polar surface area (TPSA) is 56.1 Å². The normalized spacial score (nSPS) is 14.5. The second kappa shape index (κ2) is 6.19. The monoisotopic (exact) mass is 267 g/mol. The molecule has 1 N–H and O–H groups in total. The Balaban J connectivity index is 2.94. The van der Waals surface area contributed by atoms with Crippen molar-refractivity contribution in [3.05, 3.63) is 17.0 Å². The molecule has 0 aliphatic rings. The van der Waals surface area contributed by atoms with Crippen LogP contribution in [0.5, 0.6) is 0 Å². The maximum absolute atomic E-state index is 11.8. The van der Waals surface area contributed by atoms with Gasteiger partial charge in [-0.05, 0) is 26.7 Å². The summed E-state index contributed by atoms with van der Waals surface area (Å²) >= 11 is 0. The summed E-state index contributed by atoms with van der Waals surface area (Å²) in [6, 6.07) is -0.251. The van der Waals surface area contributed by atoms with E-state index in [0.29, 0.717) is 0 Å². The Hall–Kier alpha value is -1.36. The van der Waals surface area contributed by atoms with E-state index in [0.717, 1.165) is 17.0 Å². The van der Waals surface area contributed by atoms with Crippen molar-refractivity contribution >= 4 is 5.97 Å². The molecule has 0 aliphatic carbocycles. The minimum absolute atomic E-state index is 0.0557. The summed E-state index contributed by atoms with van der Waals surface area (Å²) in [7, 11) is 3.35. The molecule has 0 radical (unpaired) electrons. The molecule has 0 bridgehead atoms. The fourth-order valence-corrected chi connectivity index (χ4v) is 2.43. The van der Waals surface area contributed by atoms with E-state index < -0.39 is 0 Å². The summed E-state index contributed by atoms with van der Waals surface area (Å²) < 4.78 is 6.72. The van der Waals surface area contributed by atoms with Crippen LogP contribution in [0, 0.1) is 19.8 Å². The van der Waals surface area contributed by atoms with E-state index in [9.17, 15) is 4.79 Å². The van der Waals surface area contributed by atoms with Crippen molar-refractivity contribution in [2.75, 3.05) is 7.11 Å². The van der Waals surface area contributed by atoms with Crippen molar-refractivity contribution in [1.82, 2.24) is 15.1 Å². The molecule has 1 unspecified atom stereocenters. The van der Waals surface area contributed by atoms with Crippen LogP contribution in [0.2, 0.25) is 0 Å². The Morgan fingerprint density at radius 1 is 1.32 bits per heavy atom. The standard InChI is InChI=1S/C14H25N3O2/c1-8(2)13(14(18)19-7)15-9(3)12-10(4)16-17(6)11(12)5/h8-9,13,15H,1-7H3/t9?,13-/m0/s1. The van der Waals surface area contributed by atoms with Crippen molar-refractivity contribution in [2.45, 2.75) is 46.7 Å². The van der Waals surface area contributed by atoms with Crippen LogP contribution in [-0.4, -0.2) is 28.9 Å². The number of aromatic nitrogens is 2. The number of carbonyl (C=O) groups excluding carboxylic acids is 1. The Labute approximate surface area is 115 Å². The van der Waals surface area contributed by atoms with Gasteiger partial charge in [-0.1, -0.05) is 13.8 Å². The summed E-state index contributed by atoms with van der Waals surface area (Å²) in [4.78, 5) is 11.8. The number of nitrogens with one attached hydrogen (secondary N) is 1. The zero-order valence-corrected chi connectivity index (χ0v) is 12.9. The molecule has 108 valence electrons. The smallest absolute Gasteiger partial charge is 0.323 e. The molecule has 2 atom stereocenters. The van der Waals surface area contributed by atoms with E-state index in [2.05, 4.69) is 17.3 Å². The van der Waals surface area contributed by atoms with Gasteiger partial charge in [0.25, 0.3) is 0 Å². The van der Waals surface area contributed by atoms with Gasteiger partial charge in [0, 0.05) is 24.3 Å². The summed E-state index contributed by atoms with van der Waals surface area (Å²) in [6.07, 6.45) is 0. The minimum atomic E-state index is -0.306. The number of hydrogen-bond acceptors (Lipinski definition) is 4. The molecule has 1 rings (SSSR count). The van der Waals surface area contributed by atoms with Crippen LogP contribution in [-0.2, 0) is 16.6 Å². The third kappa shape index (κ3) is 3.35. The van der Waals surface area contributed by atoms with E-state index in [1.165, 1.54) is 7.11 Å². The van der Waals surface area contributed by atoms with Crippen molar-refractivity contribution in [3.8, 4) is 0 Å². The molecule has 1 aromatic rings. The predicted octanol–water partition coefficient (Wildman–Crippen LogP) is 1.89. The zero-order valence-electron chi connectivity index (χ0n) is 12.9. The van der Waals surface area contributed by atoms with Gasteiger partial charge in [0.05, 0.1) is 12.8 Å². The maximum atomic E-state index is 11.8. The first-order chi connectivity index (χ1) is 8.79. The molecule has 1 heterocycles. The van der Waals surface area contributed by atoms with Crippen molar-refractivity contribution in [3.63, 3.8) is 0 Å². The lowest BCUT2D eigenvalue weighted by atomic mass is 10.0. The summed E-state index contributed by atoms with van der Waals surface area (Å²) in [5.41, 5.74) is 3.26. The highest BCUT2D eigenvalue weighted by Gasteiger charge is 2.26. The van der Waals surface area contributed by atoms with Gasteiger partial charge in [-0.25, -0.2) is 0 Å². The average molecular weight is 267 g/mol. The van der Waals surface area contributed by atoms with Gasteiger partial charge in [0.1, 0.15) is 6.04 Å². The number of aryl methyl sites for hydroxylation is 2. The van der Waals surface area contributed by atoms with Gasteiger partial charge in [0.15, 0.2) is 0 Å². The van der Waals surface area contributed by atoms with E-state index >= 15 is 0 Å². The molecule has 0 amide bonds. The predicted molar refractivity (Wildman–Crippen MR) is 74.9 cm³/mol. The van der Waals surface area contributed by atoms with Gasteiger partial charge < -0.3 is 4.74 Å². The molecule has 0 aliphatic heterocycles. The second-order valence-electron chi connectivity index (χ2n) is 5.34. The quantitative estimate of drug-likeness (QED) is 0.828. The van der Waals surface area contributed by atoms with Gasteiger partial charge in [0.2, 0.25) is 0 Å². The molecular weight excluding hydrogens is 242 g/mol. The summed E-state index contributed by atoms with van der Waals surface area (Å²) in [5.74, 6) is -0.0479. The molecule has 5 heteroatoms. The lowest BCUT2D eigenvalue weighted by molar-refractivity contribution is -0.144. The van der Waals surface area contributed by atoms with E-state index in [-0.39, 0.29) is 24.0 Å². The number of esters is 1. The van der Waals surface area contributed by atoms with Gasteiger partial charge in [-0.2, -0.15) is 5.10 Å². The molecule has 0 saturated carbocycles. The molecule has 0 aromatic carbocycles. The van der Waals surface area contributed by atoms with Crippen LogP contribution >= 0.6 is 0 Å². The lowest BCUT2D eigenvalue weighted by Gasteiger charge is -2.24. The largest absolute Gasteiger partial charge is 0.468 e. The first-order valence-corrected chi connectivity index (χ1v) is 6.63. The van der Waals surface area contributed by atoms with Crippen LogP contribution in [0.15, 0.2) is 0 Å². The highest BCUT2D eigenvalue weighted by Crippen LogP contribution is 2.22. The number of methoxy groups -OCH3 is 1. The number of rotatable bonds is 5. The fraction of sp³-hybridized carbons (Fsp3) is 0.714. The third-order valence-electron chi connectivity index (χ3n) is 3.55. The first-order valence-electron chi connectivity index (χ1n) is 6.63. The molecule has 19 heavy (non-hydrogen) atoms. The third-order valence-corrected chi connectivity index (χ3v) is 3.55. The Morgan fingerprint density at radius 2 is 1.89 bits per heavy atom. The summed E-state index contributed by atoms with van der Waals surface area (Å²) in [5, 5.41) is 7.76. The number of hydrogen-bond donors (Lipinski definition) is 1. The Bertz CT molecular complexity index is 452. The van der Waals surface area contributed by atoms with Crippen molar-refractivity contribution in [1.29, 1.82) is 0 Å². The van der Waals surface area contributed by atoms with E-state index in [4.69, 9.17) is 4.74 Å². The highest BCUT2D eigenvalue weighted by molar-refractivity contribution is 5.76. The molecular formula is C14H25N3O2. The van der Waals surface area contributed by atoms with Crippen molar-refractivity contribution in [2.24, 2.45) is 13.0 Å². The van der Waals surface area contributed by atoms with Crippen LogP contribution < -0.4 is 5.32 Å². The first kappa shape index (κ1) is 15.7. The Morgan fingerprint density at radius 3 is 2.26 bits per heavy atom. The van der Waals surface area contributed by atoms with Crippen LogP contribution in [0.3, 0.4) is 0 Å². The SMILES string of the molecule is COC(=O)[C@@H](NC(C)c1c(C)nn(C)c1C)C(C)C. The fourth-order valence-electron chi connectivity index (χ4n) is 2.43. The van der Waals surface area contributed by atoms with E-state index in [1.807, 2.05) is 39.4 Å². The highest BCUT2D eigenvalue weighted by atomic mass is 16.5.